The van der Waals surface area contributed by atoms with Gasteiger partial charge in [-0.05, 0) is 73.9 Å². The van der Waals surface area contributed by atoms with Gasteiger partial charge in [0.05, 0.1) is 19.5 Å². The summed E-state index contributed by atoms with van der Waals surface area (Å²) in [5, 5.41) is 2.72. The van der Waals surface area contributed by atoms with E-state index in [0.29, 0.717) is 78.0 Å². The third kappa shape index (κ3) is 7.34. The molecule has 3 amide bonds. The van der Waals surface area contributed by atoms with Crippen molar-refractivity contribution in [3.63, 3.8) is 0 Å². The summed E-state index contributed by atoms with van der Waals surface area (Å²) in [5.74, 6) is 4.49. The highest BCUT2D eigenvalue weighted by Gasteiger charge is 2.39. The van der Waals surface area contributed by atoms with Crippen LogP contribution in [0.15, 0.2) is 57.6 Å². The van der Waals surface area contributed by atoms with Crippen LogP contribution in [0.25, 0.3) is 22.6 Å². The monoisotopic (exact) mass is 725 g/mol. The van der Waals surface area contributed by atoms with E-state index in [1.54, 1.807) is 17.3 Å². The number of alkyl carbamates (subject to hydrolysis) is 1. The van der Waals surface area contributed by atoms with Crippen LogP contribution in [0.2, 0.25) is 0 Å². The van der Waals surface area contributed by atoms with E-state index < -0.39 is 12.1 Å². The van der Waals surface area contributed by atoms with Crippen molar-refractivity contribution in [3.8, 4) is 45.6 Å². The van der Waals surface area contributed by atoms with Crippen LogP contribution in [0.4, 0.5) is 4.79 Å². The second kappa shape index (κ2) is 15.3. The summed E-state index contributed by atoms with van der Waals surface area (Å²) in [6.45, 7) is 9.38. The smallest absolute Gasteiger partial charge is 0.407 e. The average molecular weight is 726 g/mol. The van der Waals surface area contributed by atoms with Crippen molar-refractivity contribution in [3.05, 3.63) is 60.6 Å². The Morgan fingerprint density at radius 2 is 1.36 bits per heavy atom. The second-order valence-electron chi connectivity index (χ2n) is 14.3. The third-order valence-electron chi connectivity index (χ3n) is 10.8. The topological polar surface area (TPSA) is 149 Å². The van der Waals surface area contributed by atoms with Crippen molar-refractivity contribution < 1.29 is 37.4 Å². The number of nitrogens with zero attached hydrogens (tertiary/aromatic N) is 4. The number of hydrogen-bond acceptors (Lipinski definition) is 10. The van der Waals surface area contributed by atoms with Gasteiger partial charge in [-0.15, -0.1) is 0 Å². The second-order valence-corrected chi connectivity index (χ2v) is 14.3. The zero-order valence-electron chi connectivity index (χ0n) is 30.9. The van der Waals surface area contributed by atoms with Gasteiger partial charge in [0.25, 0.3) is 0 Å². The third-order valence-corrected chi connectivity index (χ3v) is 10.8. The fraction of sp³-hybridized carbons (Fsp3) is 0.475. The minimum atomic E-state index is -0.716. The maximum Gasteiger partial charge on any atom is 0.407 e. The van der Waals surface area contributed by atoms with Crippen molar-refractivity contribution in [1.29, 1.82) is 0 Å². The molecule has 13 nitrogen and oxygen atoms in total. The molecule has 0 spiro atoms. The first-order chi connectivity index (χ1) is 25.7. The Balaban J connectivity index is 1.04. The Kier molecular flexibility index (Phi) is 10.4. The number of amides is 3. The van der Waals surface area contributed by atoms with E-state index in [4.69, 9.17) is 23.0 Å². The number of benzene rings is 2. The maximum absolute atomic E-state index is 13.7. The number of fused-ring (bicyclic) bond motifs is 2. The number of aromatic nitrogens is 2. The van der Waals surface area contributed by atoms with E-state index in [0.717, 1.165) is 43.4 Å². The molecule has 0 unspecified atom stereocenters. The standard InChI is InChI=1S/C40H47N5O8/c1-6-23(3)18-35(46)44-16-8-10-27(44)37-41-21-33(52-37)25-12-14-29-31(19-25)50-30-15-13-26(20-32(30)51-29)34-22-42-38(53-34)28-11-9-17-45(28)39(47)36(24(4)7-2)43-40(48)49-5/h12-15,19-24,27-28,36H,6-11,16-18H2,1-5H3,(H,43,48)/t23-,24-,27-,28-,36-/m0/s1. The van der Waals surface area contributed by atoms with E-state index in [1.807, 2.05) is 55.1 Å². The molecule has 5 atom stereocenters. The zero-order valence-corrected chi connectivity index (χ0v) is 30.9. The van der Waals surface area contributed by atoms with Crippen molar-refractivity contribution in [2.45, 2.75) is 90.8 Å². The van der Waals surface area contributed by atoms with E-state index in [9.17, 15) is 14.4 Å². The van der Waals surface area contributed by atoms with Gasteiger partial charge < -0.3 is 38.2 Å². The molecular formula is C40H47N5O8. The molecule has 0 aliphatic carbocycles. The first-order valence-corrected chi connectivity index (χ1v) is 18.7. The highest BCUT2D eigenvalue weighted by Crippen LogP contribution is 2.48. The van der Waals surface area contributed by atoms with Crippen LogP contribution >= 0.6 is 0 Å². The van der Waals surface area contributed by atoms with Crippen LogP contribution in [0, 0.1) is 11.8 Å². The van der Waals surface area contributed by atoms with Gasteiger partial charge in [0.1, 0.15) is 18.1 Å². The minimum absolute atomic E-state index is 0.0855. The van der Waals surface area contributed by atoms with Crippen LogP contribution in [0.5, 0.6) is 23.0 Å². The SMILES string of the molecule is CC[C@H](C)CC(=O)N1CCC[C@H]1c1ncc(-c2ccc3c(c2)Oc2ccc(-c4cnc([C@@H]5CCCN5C(=O)[C@@H](NC(=O)OC)[C@@H](C)CC)o4)cc2O3)o1. The molecule has 3 aliphatic heterocycles. The summed E-state index contributed by atoms with van der Waals surface area (Å²) in [6, 6.07) is 9.90. The Bertz CT molecular complexity index is 1970. The first kappa shape index (κ1) is 36.0. The fourth-order valence-electron chi connectivity index (χ4n) is 7.25. The summed E-state index contributed by atoms with van der Waals surface area (Å²) in [4.78, 5) is 51.5. The molecule has 0 bridgehead atoms. The van der Waals surface area contributed by atoms with E-state index in [-0.39, 0.29) is 29.8 Å². The predicted octanol–water partition coefficient (Wildman–Crippen LogP) is 8.43. The van der Waals surface area contributed by atoms with Gasteiger partial charge >= 0.3 is 6.09 Å². The van der Waals surface area contributed by atoms with Crippen molar-refractivity contribution in [1.82, 2.24) is 25.1 Å². The van der Waals surface area contributed by atoms with Gasteiger partial charge in [0.2, 0.25) is 23.6 Å². The molecule has 2 saturated heterocycles. The Labute approximate surface area is 309 Å². The maximum atomic E-state index is 13.7. The minimum Gasteiger partial charge on any atom is -0.453 e. The van der Waals surface area contributed by atoms with E-state index in [2.05, 4.69) is 29.1 Å². The van der Waals surface area contributed by atoms with Gasteiger partial charge in [-0.2, -0.15) is 0 Å². The van der Waals surface area contributed by atoms with Crippen LogP contribution in [0.3, 0.4) is 0 Å². The molecule has 5 heterocycles. The molecule has 4 aromatic rings. The van der Waals surface area contributed by atoms with Crippen molar-refractivity contribution in [2.75, 3.05) is 20.2 Å². The van der Waals surface area contributed by atoms with Gasteiger partial charge in [-0.1, -0.05) is 40.5 Å². The van der Waals surface area contributed by atoms with Crippen molar-refractivity contribution >= 4 is 17.9 Å². The van der Waals surface area contributed by atoms with Crippen LogP contribution in [0.1, 0.15) is 96.5 Å². The van der Waals surface area contributed by atoms with Crippen LogP contribution < -0.4 is 14.8 Å². The zero-order chi connectivity index (χ0) is 37.2. The summed E-state index contributed by atoms with van der Waals surface area (Å²) in [6.07, 6.45) is 8.17. The average Bonchev–Trinajstić information content (AvgIpc) is 4.01. The number of rotatable bonds is 11. The molecule has 1 N–H and O–H groups in total. The first-order valence-electron chi connectivity index (χ1n) is 18.7. The number of hydrogen-bond donors (Lipinski definition) is 1. The molecule has 0 saturated carbocycles. The van der Waals surface area contributed by atoms with Crippen LogP contribution in [-0.4, -0.2) is 63.9 Å². The van der Waals surface area contributed by atoms with E-state index in [1.165, 1.54) is 7.11 Å². The van der Waals surface area contributed by atoms with Gasteiger partial charge in [0.15, 0.2) is 34.5 Å². The number of carbonyl (C=O) groups excluding carboxylic acids is 3. The lowest BCUT2D eigenvalue weighted by atomic mass is 9.97. The Hall–Kier alpha value is -5.33. The van der Waals surface area contributed by atoms with Crippen LogP contribution in [-0.2, 0) is 14.3 Å². The molecule has 53 heavy (non-hydrogen) atoms. The number of oxazole rings is 2. The molecule has 2 aromatic heterocycles. The van der Waals surface area contributed by atoms with Gasteiger partial charge in [-0.3, -0.25) is 9.59 Å². The van der Waals surface area contributed by atoms with Gasteiger partial charge in [-0.25, -0.2) is 14.8 Å². The number of likely N-dealkylation sites (tertiary alicyclic amines) is 2. The molecular weight excluding hydrogens is 678 g/mol. The molecule has 2 aromatic carbocycles. The molecule has 13 heteroatoms. The molecule has 3 aliphatic rings. The lowest BCUT2D eigenvalue weighted by Crippen LogP contribution is -2.51. The van der Waals surface area contributed by atoms with Gasteiger partial charge in [0, 0.05) is 30.6 Å². The lowest BCUT2D eigenvalue weighted by Gasteiger charge is -2.30. The number of methoxy groups -OCH3 is 1. The summed E-state index contributed by atoms with van der Waals surface area (Å²) in [5.41, 5.74) is 1.52. The fourth-order valence-corrected chi connectivity index (χ4v) is 7.25. The highest BCUT2D eigenvalue weighted by atomic mass is 16.6. The molecule has 7 rings (SSSR count). The Morgan fingerprint density at radius 1 is 0.811 bits per heavy atom. The number of nitrogens with one attached hydrogen (secondary N) is 1. The largest absolute Gasteiger partial charge is 0.453 e. The lowest BCUT2D eigenvalue weighted by molar-refractivity contribution is -0.136. The van der Waals surface area contributed by atoms with E-state index >= 15 is 0 Å². The summed E-state index contributed by atoms with van der Waals surface area (Å²) < 4.78 is 29.8. The summed E-state index contributed by atoms with van der Waals surface area (Å²) in [7, 11) is 1.28. The summed E-state index contributed by atoms with van der Waals surface area (Å²) >= 11 is 0. The Morgan fingerprint density at radius 3 is 1.89 bits per heavy atom. The molecule has 2 fully saturated rings. The molecule has 280 valence electrons. The quantitative estimate of drug-likeness (QED) is 0.141. The normalized spacial score (nSPS) is 19.4. The number of carbonyl (C=O) groups is 3. The number of ether oxygens (including phenoxy) is 3. The van der Waals surface area contributed by atoms with Crippen molar-refractivity contribution in [2.24, 2.45) is 11.8 Å². The highest BCUT2D eigenvalue weighted by molar-refractivity contribution is 5.86. The predicted molar refractivity (Wildman–Crippen MR) is 194 cm³/mol. The molecule has 0 radical (unpaired) electrons.